The first-order chi connectivity index (χ1) is 11.7. The average molecular weight is 353 g/mol. The van der Waals surface area contributed by atoms with Gasteiger partial charge in [-0.25, -0.2) is 0 Å². The second kappa shape index (κ2) is 10.7. The van der Waals surface area contributed by atoms with Crippen molar-refractivity contribution in [1.29, 1.82) is 0 Å². The third kappa shape index (κ3) is 6.42. The van der Waals surface area contributed by atoms with Gasteiger partial charge in [-0.3, -0.25) is 4.99 Å². The van der Waals surface area contributed by atoms with Crippen molar-refractivity contribution in [1.82, 2.24) is 15.5 Å². The maximum absolute atomic E-state index is 5.13. The monoisotopic (exact) mass is 352 g/mol. The van der Waals surface area contributed by atoms with Crippen molar-refractivity contribution in [2.75, 3.05) is 46.9 Å². The number of ether oxygens (including phenoxy) is 1. The van der Waals surface area contributed by atoms with Gasteiger partial charge < -0.3 is 20.3 Å². The number of nitrogens with zero attached hydrogens (tertiary/aromatic N) is 2. The molecule has 5 nitrogen and oxygen atoms in total. The van der Waals surface area contributed by atoms with Gasteiger partial charge in [-0.2, -0.15) is 0 Å². The van der Waals surface area contributed by atoms with E-state index in [-0.39, 0.29) is 0 Å². The van der Waals surface area contributed by atoms with Gasteiger partial charge in [0.15, 0.2) is 5.96 Å². The SMILES string of the molecule is CN=C(NCC(C)c1cccs1)NC1CCN(CCCOC)CC1. The normalized spacial score (nSPS) is 18.5. The molecule has 0 amide bonds. The number of hydrogen-bond donors (Lipinski definition) is 2. The smallest absolute Gasteiger partial charge is 0.191 e. The zero-order chi connectivity index (χ0) is 17.2. The molecule has 1 unspecified atom stereocenters. The van der Waals surface area contributed by atoms with Crippen LogP contribution in [0.25, 0.3) is 0 Å². The van der Waals surface area contributed by atoms with E-state index in [9.17, 15) is 0 Å². The van der Waals surface area contributed by atoms with Crippen molar-refractivity contribution < 1.29 is 4.74 Å². The Morgan fingerprint density at radius 3 is 2.88 bits per heavy atom. The highest BCUT2D eigenvalue weighted by atomic mass is 32.1. The first-order valence-corrected chi connectivity index (χ1v) is 9.82. The molecule has 0 bridgehead atoms. The summed E-state index contributed by atoms with van der Waals surface area (Å²) in [6.45, 7) is 7.48. The number of hydrogen-bond acceptors (Lipinski definition) is 4. The highest BCUT2D eigenvalue weighted by Gasteiger charge is 2.19. The molecule has 1 aromatic heterocycles. The third-order valence-corrected chi connectivity index (χ3v) is 5.68. The molecule has 136 valence electrons. The lowest BCUT2D eigenvalue weighted by molar-refractivity contribution is 0.155. The Morgan fingerprint density at radius 1 is 1.46 bits per heavy atom. The molecule has 1 fully saturated rings. The van der Waals surface area contributed by atoms with Crippen LogP contribution in [-0.2, 0) is 4.74 Å². The van der Waals surface area contributed by atoms with Crippen LogP contribution in [0, 0.1) is 0 Å². The van der Waals surface area contributed by atoms with Crippen LogP contribution in [0.5, 0.6) is 0 Å². The van der Waals surface area contributed by atoms with Crippen molar-refractivity contribution in [3.05, 3.63) is 22.4 Å². The minimum Gasteiger partial charge on any atom is -0.385 e. The third-order valence-electron chi connectivity index (χ3n) is 4.58. The van der Waals surface area contributed by atoms with Crippen LogP contribution in [0.1, 0.15) is 37.0 Å². The molecule has 24 heavy (non-hydrogen) atoms. The van der Waals surface area contributed by atoms with E-state index in [2.05, 4.69) is 45.0 Å². The van der Waals surface area contributed by atoms with Crippen LogP contribution < -0.4 is 10.6 Å². The van der Waals surface area contributed by atoms with Crippen molar-refractivity contribution in [2.24, 2.45) is 4.99 Å². The molecule has 2 N–H and O–H groups in total. The number of guanidine groups is 1. The van der Waals surface area contributed by atoms with Crippen LogP contribution >= 0.6 is 11.3 Å². The van der Waals surface area contributed by atoms with Crippen LogP contribution in [0.2, 0.25) is 0 Å². The van der Waals surface area contributed by atoms with Crippen molar-refractivity contribution in [3.63, 3.8) is 0 Å². The number of thiophene rings is 1. The minimum absolute atomic E-state index is 0.506. The summed E-state index contributed by atoms with van der Waals surface area (Å²) in [5.74, 6) is 1.43. The quantitative estimate of drug-likeness (QED) is 0.429. The van der Waals surface area contributed by atoms with E-state index in [0.717, 1.165) is 45.2 Å². The van der Waals surface area contributed by atoms with Crippen LogP contribution in [0.3, 0.4) is 0 Å². The average Bonchev–Trinajstić information content (AvgIpc) is 3.14. The summed E-state index contributed by atoms with van der Waals surface area (Å²) in [6.07, 6.45) is 3.47. The van der Waals surface area contributed by atoms with E-state index >= 15 is 0 Å². The van der Waals surface area contributed by atoms with Crippen LogP contribution in [-0.4, -0.2) is 63.8 Å². The van der Waals surface area contributed by atoms with E-state index < -0.39 is 0 Å². The molecule has 1 aliphatic rings. The lowest BCUT2D eigenvalue weighted by atomic mass is 10.1. The largest absolute Gasteiger partial charge is 0.385 e. The predicted octanol–water partition coefficient (Wildman–Crippen LogP) is 2.52. The summed E-state index contributed by atoms with van der Waals surface area (Å²) in [6, 6.07) is 4.84. The summed E-state index contributed by atoms with van der Waals surface area (Å²) >= 11 is 1.82. The number of piperidine rings is 1. The first kappa shape index (κ1) is 19.2. The highest BCUT2D eigenvalue weighted by molar-refractivity contribution is 7.10. The second-order valence-electron chi connectivity index (χ2n) is 6.48. The first-order valence-electron chi connectivity index (χ1n) is 8.94. The molecule has 2 heterocycles. The molecule has 0 spiro atoms. The molecule has 1 aliphatic heterocycles. The number of methoxy groups -OCH3 is 1. The standard InChI is InChI=1S/C18H32N4OS/c1-15(17-6-4-13-24-17)14-20-18(19-2)21-16-7-10-22(11-8-16)9-5-12-23-3/h4,6,13,15-16H,5,7-12,14H2,1-3H3,(H2,19,20,21). The molecule has 0 radical (unpaired) electrons. The van der Waals surface area contributed by atoms with Gasteiger partial charge in [0, 0.05) is 63.8 Å². The Balaban J connectivity index is 1.66. The Hall–Kier alpha value is -1.11. The Labute approximate surface area is 150 Å². The van der Waals surface area contributed by atoms with Gasteiger partial charge in [0.25, 0.3) is 0 Å². The lowest BCUT2D eigenvalue weighted by Gasteiger charge is -2.33. The summed E-state index contributed by atoms with van der Waals surface area (Å²) in [7, 11) is 3.62. The van der Waals surface area contributed by atoms with E-state index in [1.54, 1.807) is 7.11 Å². The zero-order valence-electron chi connectivity index (χ0n) is 15.3. The van der Waals surface area contributed by atoms with E-state index in [0.29, 0.717) is 12.0 Å². The summed E-state index contributed by atoms with van der Waals surface area (Å²) in [5.41, 5.74) is 0. The maximum atomic E-state index is 5.13. The summed E-state index contributed by atoms with van der Waals surface area (Å²) in [5, 5.41) is 9.20. The molecule has 1 saturated heterocycles. The van der Waals surface area contributed by atoms with Crippen molar-refractivity contribution >= 4 is 17.3 Å². The van der Waals surface area contributed by atoms with E-state index in [4.69, 9.17) is 4.74 Å². The van der Waals surface area contributed by atoms with E-state index in [1.807, 2.05) is 18.4 Å². The van der Waals surface area contributed by atoms with Crippen LogP contribution in [0.15, 0.2) is 22.5 Å². The van der Waals surface area contributed by atoms with Gasteiger partial charge in [0.05, 0.1) is 0 Å². The van der Waals surface area contributed by atoms with Crippen molar-refractivity contribution in [2.45, 2.75) is 38.1 Å². The predicted molar refractivity (Wildman–Crippen MR) is 103 cm³/mol. The fourth-order valence-electron chi connectivity index (χ4n) is 3.04. The molecule has 0 aliphatic carbocycles. The number of rotatable bonds is 8. The molecule has 1 aromatic rings. The molecule has 1 atom stereocenters. The second-order valence-corrected chi connectivity index (χ2v) is 7.46. The minimum atomic E-state index is 0.506. The number of nitrogens with one attached hydrogen (secondary N) is 2. The number of aliphatic imine (C=N–C) groups is 1. The van der Waals surface area contributed by atoms with Gasteiger partial charge in [-0.05, 0) is 30.7 Å². The molecular weight excluding hydrogens is 320 g/mol. The molecule has 0 aromatic carbocycles. The highest BCUT2D eigenvalue weighted by Crippen LogP contribution is 2.19. The summed E-state index contributed by atoms with van der Waals surface area (Å²) in [4.78, 5) is 8.34. The Kier molecular flexibility index (Phi) is 8.56. The van der Waals surface area contributed by atoms with Crippen molar-refractivity contribution in [3.8, 4) is 0 Å². The van der Waals surface area contributed by atoms with Gasteiger partial charge in [-0.1, -0.05) is 13.0 Å². The van der Waals surface area contributed by atoms with Crippen LogP contribution in [0.4, 0.5) is 0 Å². The topological polar surface area (TPSA) is 48.9 Å². The maximum Gasteiger partial charge on any atom is 0.191 e. The zero-order valence-corrected chi connectivity index (χ0v) is 16.1. The van der Waals surface area contributed by atoms with E-state index in [1.165, 1.54) is 17.7 Å². The van der Waals surface area contributed by atoms with Gasteiger partial charge in [-0.15, -0.1) is 11.3 Å². The Bertz CT molecular complexity index is 469. The fourth-order valence-corrected chi connectivity index (χ4v) is 3.83. The molecule has 6 heteroatoms. The summed E-state index contributed by atoms with van der Waals surface area (Å²) < 4.78 is 5.13. The van der Waals surface area contributed by atoms with Gasteiger partial charge in [0.2, 0.25) is 0 Å². The fraction of sp³-hybridized carbons (Fsp3) is 0.722. The molecule has 2 rings (SSSR count). The molecule has 0 saturated carbocycles. The van der Waals surface area contributed by atoms with Gasteiger partial charge >= 0.3 is 0 Å². The Morgan fingerprint density at radius 2 is 2.25 bits per heavy atom. The lowest BCUT2D eigenvalue weighted by Crippen LogP contribution is -2.49. The molecular formula is C18H32N4OS. The number of likely N-dealkylation sites (tertiary alicyclic amines) is 1. The van der Waals surface area contributed by atoms with Gasteiger partial charge in [0.1, 0.15) is 0 Å².